The van der Waals surface area contributed by atoms with Crippen LogP contribution in [0.15, 0.2) is 36.7 Å². The van der Waals surface area contributed by atoms with Crippen molar-refractivity contribution in [1.82, 2.24) is 14.9 Å². The molecule has 1 fully saturated rings. The van der Waals surface area contributed by atoms with E-state index in [9.17, 15) is 4.79 Å². The van der Waals surface area contributed by atoms with E-state index in [1.807, 2.05) is 35.2 Å². The van der Waals surface area contributed by atoms with E-state index in [-0.39, 0.29) is 11.9 Å². The monoisotopic (exact) mass is 454 g/mol. The van der Waals surface area contributed by atoms with Gasteiger partial charge in [-0.05, 0) is 37.6 Å². The minimum atomic E-state index is 0.150. The van der Waals surface area contributed by atoms with Gasteiger partial charge in [0.1, 0.15) is 23.6 Å². The molecule has 180 valence electrons. The van der Waals surface area contributed by atoms with E-state index in [4.69, 9.17) is 9.47 Å². The maximum absolute atomic E-state index is 12.7. The molecule has 1 aliphatic heterocycles. The molecule has 1 amide bonds. The molecule has 2 heterocycles. The summed E-state index contributed by atoms with van der Waals surface area (Å²) in [5.74, 6) is 3.06. The fraction of sp³-hybridized carbons (Fsp3) is 0.577. The van der Waals surface area contributed by atoms with Crippen molar-refractivity contribution in [3.8, 4) is 17.4 Å². The molecule has 0 radical (unpaired) electrons. The predicted molar refractivity (Wildman–Crippen MR) is 131 cm³/mol. The molecule has 0 spiro atoms. The van der Waals surface area contributed by atoms with Gasteiger partial charge in [-0.15, -0.1) is 0 Å². The highest BCUT2D eigenvalue weighted by atomic mass is 16.5. The number of rotatable bonds is 12. The zero-order valence-corrected chi connectivity index (χ0v) is 20.3. The first kappa shape index (κ1) is 24.8. The van der Waals surface area contributed by atoms with E-state index in [1.165, 1.54) is 38.4 Å². The van der Waals surface area contributed by atoms with Crippen molar-refractivity contribution in [2.75, 3.05) is 31.6 Å². The van der Waals surface area contributed by atoms with Crippen LogP contribution in [-0.4, -0.2) is 53.6 Å². The Morgan fingerprint density at radius 3 is 2.39 bits per heavy atom. The quantitative estimate of drug-likeness (QED) is 0.397. The third kappa shape index (κ3) is 7.62. The van der Waals surface area contributed by atoms with Crippen LogP contribution in [0.2, 0.25) is 0 Å². The van der Waals surface area contributed by atoms with Gasteiger partial charge in [0, 0.05) is 38.2 Å². The number of ether oxygens (including phenoxy) is 2. The molecular formula is C26H38N4O3. The highest BCUT2D eigenvalue weighted by Crippen LogP contribution is 2.25. The molecule has 3 rings (SSSR count). The number of nitrogens with zero attached hydrogens (tertiary/aromatic N) is 4. The van der Waals surface area contributed by atoms with E-state index in [2.05, 4.69) is 28.7 Å². The third-order valence-electron chi connectivity index (χ3n) is 6.18. The normalized spacial score (nSPS) is 16.0. The van der Waals surface area contributed by atoms with Gasteiger partial charge in [0.2, 0.25) is 11.8 Å². The third-order valence-corrected chi connectivity index (χ3v) is 6.18. The van der Waals surface area contributed by atoms with Gasteiger partial charge in [0.15, 0.2) is 0 Å². The van der Waals surface area contributed by atoms with Gasteiger partial charge in [0.05, 0.1) is 7.11 Å². The lowest BCUT2D eigenvalue weighted by molar-refractivity contribution is -0.133. The number of benzene rings is 1. The highest BCUT2D eigenvalue weighted by molar-refractivity contribution is 5.76. The van der Waals surface area contributed by atoms with Gasteiger partial charge >= 0.3 is 0 Å². The van der Waals surface area contributed by atoms with Crippen molar-refractivity contribution in [3.05, 3.63) is 36.7 Å². The van der Waals surface area contributed by atoms with Crippen molar-refractivity contribution in [2.45, 2.75) is 71.3 Å². The molecule has 0 N–H and O–H groups in total. The van der Waals surface area contributed by atoms with Crippen LogP contribution in [-0.2, 0) is 4.79 Å². The number of hydrogen-bond acceptors (Lipinski definition) is 6. The minimum absolute atomic E-state index is 0.150. The van der Waals surface area contributed by atoms with Crippen LogP contribution in [0.25, 0.3) is 0 Å². The summed E-state index contributed by atoms with van der Waals surface area (Å²) in [5, 5.41) is 0. The largest absolute Gasteiger partial charge is 0.497 e. The lowest BCUT2D eigenvalue weighted by Gasteiger charge is -2.40. The number of piperazine rings is 1. The van der Waals surface area contributed by atoms with Crippen LogP contribution in [0.3, 0.4) is 0 Å². The number of aromatic nitrogens is 2. The maximum Gasteiger partial charge on any atom is 0.224 e. The van der Waals surface area contributed by atoms with Gasteiger partial charge in [-0.2, -0.15) is 0 Å². The molecule has 7 heteroatoms. The molecule has 0 saturated carbocycles. The number of unbranched alkanes of at least 4 members (excludes halogenated alkanes) is 6. The average molecular weight is 455 g/mol. The minimum Gasteiger partial charge on any atom is -0.497 e. The highest BCUT2D eigenvalue weighted by Gasteiger charge is 2.27. The Labute approximate surface area is 198 Å². The number of hydrogen-bond donors (Lipinski definition) is 0. The Balaban J connectivity index is 1.47. The predicted octanol–water partition coefficient (Wildman–Crippen LogP) is 5.46. The molecular weight excluding hydrogens is 416 g/mol. The number of anilines is 1. The summed E-state index contributed by atoms with van der Waals surface area (Å²) in [4.78, 5) is 25.7. The molecule has 0 aliphatic carbocycles. The zero-order valence-electron chi connectivity index (χ0n) is 20.3. The van der Waals surface area contributed by atoms with Crippen LogP contribution < -0.4 is 14.4 Å². The van der Waals surface area contributed by atoms with E-state index >= 15 is 0 Å². The number of methoxy groups -OCH3 is 1. The van der Waals surface area contributed by atoms with E-state index in [0.29, 0.717) is 18.1 Å². The summed E-state index contributed by atoms with van der Waals surface area (Å²) in [5.41, 5.74) is 0. The number of carbonyl (C=O) groups excluding carboxylic acids is 1. The first-order valence-corrected chi connectivity index (χ1v) is 12.3. The summed E-state index contributed by atoms with van der Waals surface area (Å²) >= 11 is 0. The van der Waals surface area contributed by atoms with Crippen LogP contribution in [0.1, 0.15) is 65.2 Å². The molecule has 33 heavy (non-hydrogen) atoms. The lowest BCUT2D eigenvalue weighted by Crippen LogP contribution is -2.54. The molecule has 0 bridgehead atoms. The summed E-state index contributed by atoms with van der Waals surface area (Å²) in [6.45, 7) is 6.58. The van der Waals surface area contributed by atoms with Crippen molar-refractivity contribution in [3.63, 3.8) is 0 Å². The number of carbonyl (C=O) groups is 1. The summed E-state index contributed by atoms with van der Waals surface area (Å²) in [6, 6.07) is 9.39. The Bertz CT molecular complexity index is 859. The first-order valence-electron chi connectivity index (χ1n) is 12.3. The van der Waals surface area contributed by atoms with Gasteiger partial charge in [-0.25, -0.2) is 9.97 Å². The van der Waals surface area contributed by atoms with Crippen LogP contribution >= 0.6 is 0 Å². The first-order chi connectivity index (χ1) is 16.1. The van der Waals surface area contributed by atoms with E-state index in [0.717, 1.165) is 44.0 Å². The molecule has 1 atom stereocenters. The average Bonchev–Trinajstić information content (AvgIpc) is 2.84. The Hall–Kier alpha value is -2.83. The zero-order chi connectivity index (χ0) is 23.5. The van der Waals surface area contributed by atoms with Crippen molar-refractivity contribution in [2.24, 2.45) is 0 Å². The van der Waals surface area contributed by atoms with Gasteiger partial charge in [0.25, 0.3) is 0 Å². The molecule has 2 aromatic rings. The molecule has 1 aromatic heterocycles. The molecule has 1 saturated heterocycles. The summed E-state index contributed by atoms with van der Waals surface area (Å²) in [7, 11) is 1.64. The van der Waals surface area contributed by atoms with Crippen molar-refractivity contribution >= 4 is 11.7 Å². The SMILES string of the molecule is CCCCCCCCCC(=O)N1CCN(c2cc(Oc3ccc(OC)cc3)ncn2)C[C@H]1C. The fourth-order valence-corrected chi connectivity index (χ4v) is 4.24. The second-order valence-corrected chi connectivity index (χ2v) is 8.75. The van der Waals surface area contributed by atoms with E-state index < -0.39 is 0 Å². The number of amides is 1. The molecule has 0 unspecified atom stereocenters. The smallest absolute Gasteiger partial charge is 0.224 e. The van der Waals surface area contributed by atoms with Gasteiger partial charge in [-0.1, -0.05) is 45.4 Å². The summed E-state index contributed by atoms with van der Waals surface area (Å²) in [6.07, 6.45) is 10.8. The Kier molecular flexibility index (Phi) is 9.78. The second kappa shape index (κ2) is 13.0. The van der Waals surface area contributed by atoms with Crippen LogP contribution in [0.5, 0.6) is 17.4 Å². The van der Waals surface area contributed by atoms with E-state index in [1.54, 1.807) is 7.11 Å². The maximum atomic E-state index is 12.7. The summed E-state index contributed by atoms with van der Waals surface area (Å²) < 4.78 is 11.1. The Morgan fingerprint density at radius 2 is 1.70 bits per heavy atom. The molecule has 1 aliphatic rings. The second-order valence-electron chi connectivity index (χ2n) is 8.75. The molecule has 7 nitrogen and oxygen atoms in total. The topological polar surface area (TPSA) is 67.8 Å². The fourth-order valence-electron chi connectivity index (χ4n) is 4.24. The standard InChI is InChI=1S/C26H38N4O3/c1-4-5-6-7-8-9-10-11-26(31)30-17-16-29(19-21(30)2)24-18-25(28-20-27-24)33-23-14-12-22(32-3)13-15-23/h12-15,18,20-21H,4-11,16-17,19H2,1-3H3/t21-/m1/s1. The lowest BCUT2D eigenvalue weighted by atomic mass is 10.1. The molecule has 1 aromatic carbocycles. The Morgan fingerprint density at radius 1 is 1.00 bits per heavy atom. The van der Waals surface area contributed by atoms with Crippen LogP contribution in [0, 0.1) is 0 Å². The van der Waals surface area contributed by atoms with Crippen molar-refractivity contribution in [1.29, 1.82) is 0 Å². The van der Waals surface area contributed by atoms with Gasteiger partial charge < -0.3 is 19.3 Å². The van der Waals surface area contributed by atoms with Crippen LogP contribution in [0.4, 0.5) is 5.82 Å². The van der Waals surface area contributed by atoms with Crippen molar-refractivity contribution < 1.29 is 14.3 Å². The van der Waals surface area contributed by atoms with Gasteiger partial charge in [-0.3, -0.25) is 4.79 Å².